The van der Waals surface area contributed by atoms with E-state index in [9.17, 15) is 18.0 Å². The summed E-state index contributed by atoms with van der Waals surface area (Å²) in [6, 6.07) is 0. The molecule has 8 nitrogen and oxygen atoms in total. The third-order valence-corrected chi connectivity index (χ3v) is 8.89. The molecule has 48 heavy (non-hydrogen) atoms. The standard InChI is InChI=1S/C18H26F3N5.C7H12O.C6H13N.C6H12O/c1-7-10(2)17(25-16(12(4)20)14(21)8-11(3)19)26(6)15-9-23-18(22)24-13(15)5;8-6-7-4-2-1-3-5-7;1-7-5-3-2-4-6-7;1-6-3-2-4-7-5-6/h8-10,17,25H,4,7H2,1-3,5-6H3,(H2,22,23,24);6-7H,1-5H2;2-6H2,1H3;6H,2-5H2,1H3/b11-8+,16-14-;;;/t10-,17?;;;/m1.../s1. The van der Waals surface area contributed by atoms with Crippen molar-refractivity contribution in [2.75, 3.05) is 51.0 Å². The molecule has 3 fully saturated rings. The molecule has 0 bridgehead atoms. The number of anilines is 2. The van der Waals surface area contributed by atoms with Gasteiger partial charge in [-0.1, -0.05) is 53.0 Å². The van der Waals surface area contributed by atoms with Crippen molar-refractivity contribution in [1.29, 1.82) is 0 Å². The molecule has 2 aliphatic heterocycles. The van der Waals surface area contributed by atoms with Crippen LogP contribution in [-0.4, -0.2) is 67.7 Å². The third-order valence-electron chi connectivity index (χ3n) is 8.89. The summed E-state index contributed by atoms with van der Waals surface area (Å²) in [7, 11) is 3.94. The van der Waals surface area contributed by atoms with Gasteiger partial charge in [0.25, 0.3) is 0 Å². The molecule has 2 unspecified atom stereocenters. The summed E-state index contributed by atoms with van der Waals surface area (Å²) in [6.45, 7) is 16.7. The number of carbonyl (C=O) groups excluding carboxylic acids is 1. The number of aryl methyl sites for hydroxylation is 1. The second-order valence-corrected chi connectivity index (χ2v) is 13.4. The number of piperidine rings is 1. The van der Waals surface area contributed by atoms with Crippen LogP contribution < -0.4 is 16.0 Å². The number of rotatable bonds is 9. The first-order valence-corrected chi connectivity index (χ1v) is 17.7. The zero-order chi connectivity index (χ0) is 36.1. The molecule has 3 heterocycles. The normalized spacial score (nSPS) is 20.5. The minimum Gasteiger partial charge on any atom is -0.381 e. The Morgan fingerprint density at radius 3 is 2.17 bits per heavy atom. The van der Waals surface area contributed by atoms with Crippen LogP contribution in [0.1, 0.15) is 104 Å². The number of nitrogens with two attached hydrogens (primary N) is 1. The van der Waals surface area contributed by atoms with Crippen LogP contribution in [0.4, 0.5) is 24.8 Å². The van der Waals surface area contributed by atoms with E-state index in [2.05, 4.69) is 40.7 Å². The van der Waals surface area contributed by atoms with E-state index in [-0.39, 0.29) is 11.9 Å². The number of nitrogens with zero attached hydrogens (tertiary/aromatic N) is 4. The summed E-state index contributed by atoms with van der Waals surface area (Å²) in [5, 5.41) is 2.81. The maximum Gasteiger partial charge on any atom is 0.220 e. The fourth-order valence-corrected chi connectivity index (χ4v) is 5.71. The van der Waals surface area contributed by atoms with Crippen LogP contribution in [0, 0.1) is 24.7 Å². The zero-order valence-corrected chi connectivity index (χ0v) is 30.7. The minimum absolute atomic E-state index is 0.0189. The van der Waals surface area contributed by atoms with Crippen LogP contribution >= 0.6 is 0 Å². The van der Waals surface area contributed by atoms with E-state index in [1.807, 2.05) is 13.8 Å². The Kier molecular flexibility index (Phi) is 21.8. The molecule has 0 aromatic carbocycles. The van der Waals surface area contributed by atoms with Gasteiger partial charge in [0.2, 0.25) is 5.95 Å². The van der Waals surface area contributed by atoms with E-state index < -0.39 is 29.3 Å². The van der Waals surface area contributed by atoms with Gasteiger partial charge in [-0.2, -0.15) is 0 Å². The molecule has 2 saturated heterocycles. The van der Waals surface area contributed by atoms with Crippen LogP contribution in [0.3, 0.4) is 0 Å². The van der Waals surface area contributed by atoms with Crippen molar-refractivity contribution in [3.63, 3.8) is 0 Å². The van der Waals surface area contributed by atoms with Crippen molar-refractivity contribution in [2.45, 2.75) is 111 Å². The smallest absolute Gasteiger partial charge is 0.220 e. The van der Waals surface area contributed by atoms with Gasteiger partial charge in [-0.25, -0.2) is 23.1 Å². The SMILES string of the molecule is C=C(F)/C(NC([C@H](C)CC)N(C)c1cnc(N)nc1C)=C(F)\C=C(/C)F.CC1CCCOC1.CN1CCCCC1.O=CC1CCCCC1. The summed E-state index contributed by atoms with van der Waals surface area (Å²) in [4.78, 5) is 22.4. The third kappa shape index (κ3) is 17.5. The Morgan fingerprint density at radius 2 is 1.77 bits per heavy atom. The number of allylic oxidation sites excluding steroid dienone is 4. The molecule has 1 saturated carbocycles. The molecule has 0 spiro atoms. The number of nitrogen functional groups attached to an aromatic ring is 1. The molecule has 1 aliphatic carbocycles. The summed E-state index contributed by atoms with van der Waals surface area (Å²) < 4.78 is 46.3. The van der Waals surface area contributed by atoms with Crippen molar-refractivity contribution in [2.24, 2.45) is 17.8 Å². The van der Waals surface area contributed by atoms with Gasteiger partial charge < -0.3 is 30.4 Å². The van der Waals surface area contributed by atoms with Gasteiger partial charge >= 0.3 is 0 Å². The molecule has 0 amide bonds. The number of halogens is 3. The van der Waals surface area contributed by atoms with Crippen LogP contribution in [0.2, 0.25) is 0 Å². The lowest BCUT2D eigenvalue weighted by Crippen LogP contribution is -2.48. The van der Waals surface area contributed by atoms with E-state index in [0.29, 0.717) is 23.4 Å². The van der Waals surface area contributed by atoms with E-state index >= 15 is 0 Å². The highest BCUT2D eigenvalue weighted by Crippen LogP contribution is 2.26. The fourth-order valence-electron chi connectivity index (χ4n) is 5.71. The highest BCUT2D eigenvalue weighted by molar-refractivity contribution is 5.53. The molecule has 3 N–H and O–H groups in total. The van der Waals surface area contributed by atoms with Crippen molar-refractivity contribution in [1.82, 2.24) is 20.2 Å². The first-order valence-electron chi connectivity index (χ1n) is 17.7. The zero-order valence-electron chi connectivity index (χ0n) is 30.7. The first-order chi connectivity index (χ1) is 22.8. The monoisotopic (exact) mass is 680 g/mol. The lowest BCUT2D eigenvalue weighted by atomic mass is 9.91. The average Bonchev–Trinajstić information content (AvgIpc) is 3.06. The minimum atomic E-state index is -1.07. The molecule has 3 atom stereocenters. The fraction of sp³-hybridized carbons (Fsp3) is 0.703. The number of carbonyl (C=O) groups is 1. The van der Waals surface area contributed by atoms with Crippen molar-refractivity contribution in [3.8, 4) is 0 Å². The summed E-state index contributed by atoms with van der Waals surface area (Å²) in [6.07, 6.45) is 16.5. The summed E-state index contributed by atoms with van der Waals surface area (Å²) in [5.74, 6) is -1.53. The molecule has 274 valence electrons. The second-order valence-electron chi connectivity index (χ2n) is 13.4. The van der Waals surface area contributed by atoms with Gasteiger partial charge in [0.05, 0.1) is 23.4 Å². The summed E-state index contributed by atoms with van der Waals surface area (Å²) in [5.41, 5.74) is 6.36. The number of hydrogen-bond acceptors (Lipinski definition) is 8. The number of aromatic nitrogens is 2. The molecular formula is C37H63F3N6O2. The number of nitrogens with one attached hydrogen (secondary N) is 1. The average molecular weight is 681 g/mol. The number of hydrogen-bond donors (Lipinski definition) is 2. The Labute approximate surface area is 288 Å². The van der Waals surface area contributed by atoms with Gasteiger partial charge in [0.15, 0.2) is 5.83 Å². The molecule has 1 aromatic heterocycles. The molecule has 3 aliphatic rings. The largest absolute Gasteiger partial charge is 0.381 e. The predicted octanol–water partition coefficient (Wildman–Crippen LogP) is 8.60. The predicted molar refractivity (Wildman–Crippen MR) is 192 cm³/mol. The maximum atomic E-state index is 14.2. The maximum absolute atomic E-state index is 14.2. The van der Waals surface area contributed by atoms with Crippen molar-refractivity contribution >= 4 is 17.9 Å². The topological polar surface area (TPSA) is 96.6 Å². The van der Waals surface area contributed by atoms with Gasteiger partial charge in [-0.15, -0.1) is 0 Å². The van der Waals surface area contributed by atoms with Crippen LogP contribution in [0.5, 0.6) is 0 Å². The van der Waals surface area contributed by atoms with Gasteiger partial charge in [0, 0.05) is 32.3 Å². The van der Waals surface area contributed by atoms with Crippen molar-refractivity contribution < 1.29 is 22.7 Å². The Morgan fingerprint density at radius 1 is 1.15 bits per heavy atom. The molecule has 1 aromatic rings. The quantitative estimate of drug-likeness (QED) is 0.152. The number of aldehydes is 1. The van der Waals surface area contributed by atoms with Gasteiger partial charge in [0.1, 0.15) is 24.0 Å². The van der Waals surface area contributed by atoms with Gasteiger partial charge in [-0.05, 0) is 90.8 Å². The first kappa shape index (κ1) is 43.1. The van der Waals surface area contributed by atoms with Crippen molar-refractivity contribution in [3.05, 3.63) is 47.7 Å². The number of likely N-dealkylation sites (tertiary alicyclic amines) is 1. The Bertz CT molecular complexity index is 1110. The Hall–Kier alpha value is -2.92. The second kappa shape index (κ2) is 24.3. The van der Waals surface area contributed by atoms with Crippen LogP contribution in [0.25, 0.3) is 0 Å². The highest BCUT2D eigenvalue weighted by Gasteiger charge is 2.26. The Balaban J connectivity index is 0.000000414. The molecular weight excluding hydrogens is 617 g/mol. The van der Waals surface area contributed by atoms with E-state index in [0.717, 1.165) is 51.6 Å². The van der Waals surface area contributed by atoms with Gasteiger partial charge in [-0.3, -0.25) is 0 Å². The summed E-state index contributed by atoms with van der Waals surface area (Å²) >= 11 is 0. The van der Waals surface area contributed by atoms with Crippen LogP contribution in [0.15, 0.2) is 42.0 Å². The highest BCUT2D eigenvalue weighted by atomic mass is 19.1. The molecule has 11 heteroatoms. The van der Waals surface area contributed by atoms with Crippen LogP contribution in [-0.2, 0) is 9.53 Å². The van der Waals surface area contributed by atoms with E-state index in [1.54, 1.807) is 25.1 Å². The van der Waals surface area contributed by atoms with E-state index in [1.165, 1.54) is 64.5 Å². The lowest BCUT2D eigenvalue weighted by Gasteiger charge is -2.36. The molecule has 0 radical (unpaired) electrons. The lowest BCUT2D eigenvalue weighted by molar-refractivity contribution is -0.111. The van der Waals surface area contributed by atoms with E-state index in [4.69, 9.17) is 10.5 Å². The molecule has 4 rings (SSSR count). The number of ether oxygens (including phenoxy) is 1.